The van der Waals surface area contributed by atoms with Crippen molar-refractivity contribution in [2.45, 2.75) is 19.0 Å². The van der Waals surface area contributed by atoms with Crippen molar-refractivity contribution in [3.8, 4) is 0 Å². The fourth-order valence-corrected chi connectivity index (χ4v) is 2.33. The molecule has 0 aliphatic carbocycles. The summed E-state index contributed by atoms with van der Waals surface area (Å²) in [7, 11) is 0. The van der Waals surface area contributed by atoms with Crippen LogP contribution < -0.4 is 5.32 Å². The predicted octanol–water partition coefficient (Wildman–Crippen LogP) is 0.730. The number of thioether (sulfide) groups is 1. The van der Waals surface area contributed by atoms with Crippen LogP contribution in [0.2, 0.25) is 0 Å². The summed E-state index contributed by atoms with van der Waals surface area (Å²) in [5, 5.41) is 11.5. The first-order valence-electron chi connectivity index (χ1n) is 4.56. The number of carboxylic acid groups (broad SMARTS) is 1. The quantitative estimate of drug-likeness (QED) is 0.701. The Kier molecular flexibility index (Phi) is 4.02. The molecule has 1 aliphatic heterocycles. The number of carbonyl (C=O) groups is 2. The SMILES string of the molecule is C=CC(C)NC(=O)N1CSCC1C(=O)O. The molecule has 2 atom stereocenters. The van der Waals surface area contributed by atoms with E-state index in [1.54, 1.807) is 13.0 Å². The molecule has 0 saturated carbocycles. The van der Waals surface area contributed by atoms with E-state index >= 15 is 0 Å². The third kappa shape index (κ3) is 2.89. The van der Waals surface area contributed by atoms with Gasteiger partial charge in [-0.1, -0.05) is 6.08 Å². The van der Waals surface area contributed by atoms with Crippen LogP contribution in [0.15, 0.2) is 12.7 Å². The van der Waals surface area contributed by atoms with E-state index in [-0.39, 0.29) is 12.1 Å². The molecule has 0 spiro atoms. The Hall–Kier alpha value is -1.17. The molecular weight excluding hydrogens is 216 g/mol. The summed E-state index contributed by atoms with van der Waals surface area (Å²) in [4.78, 5) is 23.8. The van der Waals surface area contributed by atoms with Gasteiger partial charge in [-0.25, -0.2) is 9.59 Å². The number of carbonyl (C=O) groups excluding carboxylic acids is 1. The molecule has 0 aromatic heterocycles. The van der Waals surface area contributed by atoms with Gasteiger partial charge in [-0.3, -0.25) is 0 Å². The van der Waals surface area contributed by atoms with Crippen LogP contribution in [0.3, 0.4) is 0 Å². The topological polar surface area (TPSA) is 69.6 Å². The molecule has 0 radical (unpaired) electrons. The van der Waals surface area contributed by atoms with Gasteiger partial charge in [0.15, 0.2) is 0 Å². The highest BCUT2D eigenvalue weighted by atomic mass is 32.2. The van der Waals surface area contributed by atoms with Crippen LogP contribution >= 0.6 is 11.8 Å². The minimum absolute atomic E-state index is 0.155. The van der Waals surface area contributed by atoms with Crippen molar-refractivity contribution in [1.82, 2.24) is 10.2 Å². The number of urea groups is 1. The number of hydrogen-bond acceptors (Lipinski definition) is 3. The van der Waals surface area contributed by atoms with Crippen molar-refractivity contribution in [3.05, 3.63) is 12.7 Å². The highest BCUT2D eigenvalue weighted by Gasteiger charge is 2.34. The number of aliphatic carboxylic acids is 1. The molecule has 15 heavy (non-hydrogen) atoms. The molecule has 2 amide bonds. The summed E-state index contributed by atoms with van der Waals surface area (Å²) in [5.74, 6) is -0.0841. The van der Waals surface area contributed by atoms with Gasteiger partial charge in [-0.2, -0.15) is 0 Å². The van der Waals surface area contributed by atoms with Crippen LogP contribution in [0.25, 0.3) is 0 Å². The minimum atomic E-state index is -0.957. The molecular formula is C9H14N2O3S. The number of nitrogens with zero attached hydrogens (tertiary/aromatic N) is 1. The van der Waals surface area contributed by atoms with Gasteiger partial charge in [-0.05, 0) is 6.92 Å². The Balaban J connectivity index is 2.58. The number of hydrogen-bond donors (Lipinski definition) is 2. The third-order valence-electron chi connectivity index (χ3n) is 2.13. The summed E-state index contributed by atoms with van der Waals surface area (Å²) < 4.78 is 0. The van der Waals surface area contributed by atoms with Crippen molar-refractivity contribution >= 4 is 23.8 Å². The molecule has 1 aliphatic rings. The predicted molar refractivity (Wildman–Crippen MR) is 58.8 cm³/mol. The zero-order valence-corrected chi connectivity index (χ0v) is 9.29. The molecule has 5 nitrogen and oxygen atoms in total. The van der Waals surface area contributed by atoms with Gasteiger partial charge in [0, 0.05) is 11.8 Å². The Morgan fingerprint density at radius 3 is 2.93 bits per heavy atom. The van der Waals surface area contributed by atoms with E-state index in [1.165, 1.54) is 16.7 Å². The van der Waals surface area contributed by atoms with E-state index in [0.717, 1.165) is 0 Å². The maximum atomic E-state index is 11.6. The van der Waals surface area contributed by atoms with Crippen molar-refractivity contribution < 1.29 is 14.7 Å². The van der Waals surface area contributed by atoms with Gasteiger partial charge in [0.1, 0.15) is 6.04 Å². The molecule has 0 aromatic rings. The van der Waals surface area contributed by atoms with Crippen LogP contribution in [0.5, 0.6) is 0 Å². The molecule has 1 saturated heterocycles. The molecule has 0 aromatic carbocycles. The van der Waals surface area contributed by atoms with Gasteiger partial charge >= 0.3 is 12.0 Å². The van der Waals surface area contributed by atoms with Gasteiger partial charge in [0.25, 0.3) is 0 Å². The molecule has 1 fully saturated rings. The van der Waals surface area contributed by atoms with Crippen LogP contribution in [0.1, 0.15) is 6.92 Å². The number of carboxylic acids is 1. The normalized spacial score (nSPS) is 22.2. The summed E-state index contributed by atoms with van der Waals surface area (Å²) in [6.07, 6.45) is 1.59. The molecule has 1 heterocycles. The number of rotatable bonds is 3. The largest absolute Gasteiger partial charge is 0.480 e. The fourth-order valence-electron chi connectivity index (χ4n) is 1.18. The standard InChI is InChI=1S/C9H14N2O3S/c1-3-6(2)10-9(14)11-5-15-4-7(11)8(12)13/h3,6-7H,1,4-5H2,2H3,(H,10,14)(H,12,13). The highest BCUT2D eigenvalue weighted by molar-refractivity contribution is 7.99. The van der Waals surface area contributed by atoms with Crippen molar-refractivity contribution in [2.24, 2.45) is 0 Å². The van der Waals surface area contributed by atoms with Gasteiger partial charge in [-0.15, -0.1) is 18.3 Å². The Morgan fingerprint density at radius 2 is 2.40 bits per heavy atom. The molecule has 84 valence electrons. The average Bonchev–Trinajstić information content (AvgIpc) is 2.65. The number of nitrogens with one attached hydrogen (secondary N) is 1. The van der Waals surface area contributed by atoms with E-state index in [2.05, 4.69) is 11.9 Å². The van der Waals surface area contributed by atoms with E-state index in [4.69, 9.17) is 5.11 Å². The molecule has 2 unspecified atom stereocenters. The second-order valence-corrected chi connectivity index (χ2v) is 4.30. The first-order chi connectivity index (χ1) is 7.06. The van der Waals surface area contributed by atoms with Crippen molar-refractivity contribution in [3.63, 3.8) is 0 Å². The monoisotopic (exact) mass is 230 g/mol. The van der Waals surface area contributed by atoms with Crippen molar-refractivity contribution in [2.75, 3.05) is 11.6 Å². The molecule has 1 rings (SSSR count). The number of amides is 2. The van der Waals surface area contributed by atoms with Gasteiger partial charge < -0.3 is 15.3 Å². The smallest absolute Gasteiger partial charge is 0.327 e. The van der Waals surface area contributed by atoms with Crippen LogP contribution in [-0.4, -0.2) is 45.7 Å². The van der Waals surface area contributed by atoms with E-state index in [0.29, 0.717) is 11.6 Å². The second kappa shape index (κ2) is 5.06. The van der Waals surface area contributed by atoms with Crippen LogP contribution in [0.4, 0.5) is 4.79 Å². The Morgan fingerprint density at radius 1 is 1.73 bits per heavy atom. The lowest BCUT2D eigenvalue weighted by Crippen LogP contribution is -2.48. The fraction of sp³-hybridized carbons (Fsp3) is 0.556. The minimum Gasteiger partial charge on any atom is -0.480 e. The zero-order chi connectivity index (χ0) is 11.4. The lowest BCUT2D eigenvalue weighted by molar-refractivity contribution is -0.140. The Labute approximate surface area is 92.5 Å². The summed E-state index contributed by atoms with van der Waals surface area (Å²) in [6, 6.07) is -1.22. The van der Waals surface area contributed by atoms with Crippen molar-refractivity contribution in [1.29, 1.82) is 0 Å². The summed E-state index contributed by atoms with van der Waals surface area (Å²) >= 11 is 1.44. The maximum absolute atomic E-state index is 11.6. The first kappa shape index (κ1) is 11.9. The first-order valence-corrected chi connectivity index (χ1v) is 5.72. The lowest BCUT2D eigenvalue weighted by atomic mass is 10.3. The molecule has 2 N–H and O–H groups in total. The third-order valence-corrected chi connectivity index (χ3v) is 3.15. The lowest BCUT2D eigenvalue weighted by Gasteiger charge is -2.22. The van der Waals surface area contributed by atoms with Gasteiger partial charge in [0.05, 0.1) is 5.88 Å². The molecule has 6 heteroatoms. The van der Waals surface area contributed by atoms with Gasteiger partial charge in [0.2, 0.25) is 0 Å². The maximum Gasteiger partial charge on any atom is 0.327 e. The summed E-state index contributed by atoms with van der Waals surface area (Å²) in [5.41, 5.74) is 0. The Bertz CT molecular complexity index is 283. The summed E-state index contributed by atoms with van der Waals surface area (Å²) in [6.45, 7) is 5.32. The second-order valence-electron chi connectivity index (χ2n) is 3.30. The average molecular weight is 230 g/mol. The van der Waals surface area contributed by atoms with Crippen LogP contribution in [0, 0.1) is 0 Å². The van der Waals surface area contributed by atoms with E-state index < -0.39 is 12.0 Å². The highest BCUT2D eigenvalue weighted by Crippen LogP contribution is 2.20. The van der Waals surface area contributed by atoms with Crippen LogP contribution in [-0.2, 0) is 4.79 Å². The molecule has 0 bridgehead atoms. The van der Waals surface area contributed by atoms with E-state index in [1.807, 2.05) is 0 Å². The van der Waals surface area contributed by atoms with E-state index in [9.17, 15) is 9.59 Å². The zero-order valence-electron chi connectivity index (χ0n) is 8.47.